The Labute approximate surface area is 136 Å². The smallest absolute Gasteiger partial charge is 0.365 e. The SMILES string of the molecule is CC(CC(F)(F)F)n1c(=O)cc(N[C@@H](C)c2ccccc2)[nH]c1=O. The summed E-state index contributed by atoms with van der Waals surface area (Å²) in [6.07, 6.45) is -5.70. The van der Waals surface area contributed by atoms with E-state index in [1.54, 1.807) is 0 Å². The van der Waals surface area contributed by atoms with E-state index in [-0.39, 0.29) is 11.9 Å². The maximum absolute atomic E-state index is 12.5. The van der Waals surface area contributed by atoms with Gasteiger partial charge < -0.3 is 5.32 Å². The maximum atomic E-state index is 12.5. The standard InChI is InChI=1S/C16H18F3N3O2/c1-10(9-16(17,18)19)22-14(23)8-13(21-15(22)24)20-11(2)12-6-4-3-5-7-12/h3-8,10-11,20H,9H2,1-2H3,(H,21,24)/t10?,11-/m0/s1. The van der Waals surface area contributed by atoms with Crippen molar-refractivity contribution in [2.45, 2.75) is 38.5 Å². The monoisotopic (exact) mass is 341 g/mol. The molecule has 1 aromatic heterocycles. The lowest BCUT2D eigenvalue weighted by molar-refractivity contribution is -0.142. The highest BCUT2D eigenvalue weighted by molar-refractivity contribution is 5.36. The molecule has 2 aromatic rings. The maximum Gasteiger partial charge on any atom is 0.391 e. The van der Waals surface area contributed by atoms with E-state index in [1.165, 1.54) is 6.92 Å². The van der Waals surface area contributed by atoms with Crippen LogP contribution in [0.2, 0.25) is 0 Å². The van der Waals surface area contributed by atoms with Crippen molar-refractivity contribution in [2.24, 2.45) is 0 Å². The summed E-state index contributed by atoms with van der Waals surface area (Å²) in [4.78, 5) is 26.5. The van der Waals surface area contributed by atoms with Crippen LogP contribution in [0.15, 0.2) is 46.0 Å². The first-order valence-corrected chi connectivity index (χ1v) is 7.41. The molecule has 0 saturated heterocycles. The molecule has 0 fully saturated rings. The van der Waals surface area contributed by atoms with Crippen molar-refractivity contribution in [3.63, 3.8) is 0 Å². The second kappa shape index (κ2) is 6.94. The Morgan fingerprint density at radius 1 is 1.17 bits per heavy atom. The second-order valence-electron chi connectivity index (χ2n) is 5.64. The molecule has 2 atom stereocenters. The lowest BCUT2D eigenvalue weighted by Crippen LogP contribution is -2.38. The zero-order valence-electron chi connectivity index (χ0n) is 13.2. The molecule has 0 spiro atoms. The minimum Gasteiger partial charge on any atom is -0.365 e. The van der Waals surface area contributed by atoms with E-state index in [2.05, 4.69) is 10.3 Å². The molecule has 0 saturated carbocycles. The molecule has 24 heavy (non-hydrogen) atoms. The van der Waals surface area contributed by atoms with Crippen LogP contribution in [0.4, 0.5) is 19.0 Å². The minimum atomic E-state index is -4.45. The highest BCUT2D eigenvalue weighted by Gasteiger charge is 2.31. The average Bonchev–Trinajstić information content (AvgIpc) is 2.45. The molecule has 1 heterocycles. The highest BCUT2D eigenvalue weighted by Crippen LogP contribution is 2.26. The molecule has 0 radical (unpaired) electrons. The molecule has 0 aliphatic carbocycles. The Hall–Kier alpha value is -2.51. The number of anilines is 1. The fourth-order valence-electron chi connectivity index (χ4n) is 2.48. The molecule has 1 aromatic carbocycles. The largest absolute Gasteiger partial charge is 0.391 e. The van der Waals surface area contributed by atoms with Gasteiger partial charge in [0.15, 0.2) is 0 Å². The van der Waals surface area contributed by atoms with Crippen LogP contribution < -0.4 is 16.6 Å². The van der Waals surface area contributed by atoms with E-state index in [9.17, 15) is 22.8 Å². The first kappa shape index (κ1) is 17.8. The quantitative estimate of drug-likeness (QED) is 0.877. The van der Waals surface area contributed by atoms with Gasteiger partial charge in [-0.15, -0.1) is 0 Å². The average molecular weight is 341 g/mol. The molecule has 5 nitrogen and oxygen atoms in total. The Morgan fingerprint density at radius 2 is 1.79 bits per heavy atom. The lowest BCUT2D eigenvalue weighted by atomic mass is 10.1. The van der Waals surface area contributed by atoms with Crippen molar-refractivity contribution in [3.05, 3.63) is 62.8 Å². The fourth-order valence-corrected chi connectivity index (χ4v) is 2.48. The van der Waals surface area contributed by atoms with Gasteiger partial charge in [-0.25, -0.2) is 4.79 Å². The van der Waals surface area contributed by atoms with Crippen LogP contribution in [-0.4, -0.2) is 15.7 Å². The molecule has 8 heteroatoms. The van der Waals surface area contributed by atoms with Crippen molar-refractivity contribution in [2.75, 3.05) is 5.32 Å². The molecule has 0 aliphatic rings. The first-order valence-electron chi connectivity index (χ1n) is 7.41. The number of nitrogens with zero attached hydrogens (tertiary/aromatic N) is 1. The number of H-pyrrole nitrogens is 1. The zero-order valence-corrected chi connectivity index (χ0v) is 13.2. The molecule has 130 valence electrons. The zero-order chi connectivity index (χ0) is 17.9. The van der Waals surface area contributed by atoms with Gasteiger partial charge in [-0.1, -0.05) is 30.3 Å². The number of alkyl halides is 3. The van der Waals surface area contributed by atoms with Gasteiger partial charge in [-0.3, -0.25) is 14.3 Å². The molecule has 0 aliphatic heterocycles. The van der Waals surface area contributed by atoms with Crippen LogP contribution >= 0.6 is 0 Å². The Balaban J connectivity index is 2.24. The first-order chi connectivity index (χ1) is 11.2. The van der Waals surface area contributed by atoms with Crippen LogP contribution in [0.1, 0.15) is 37.9 Å². The summed E-state index contributed by atoms with van der Waals surface area (Å²) >= 11 is 0. The molecule has 0 amide bonds. The van der Waals surface area contributed by atoms with Crippen molar-refractivity contribution in [3.8, 4) is 0 Å². The fraction of sp³-hybridized carbons (Fsp3) is 0.375. The van der Waals surface area contributed by atoms with E-state index < -0.39 is 29.9 Å². The van der Waals surface area contributed by atoms with Gasteiger partial charge in [0, 0.05) is 18.2 Å². The topological polar surface area (TPSA) is 66.9 Å². The Kier molecular flexibility index (Phi) is 5.16. The molecular formula is C16H18F3N3O2. The molecule has 2 N–H and O–H groups in total. The summed E-state index contributed by atoms with van der Waals surface area (Å²) in [6.45, 7) is 3.02. The summed E-state index contributed by atoms with van der Waals surface area (Å²) in [5, 5.41) is 2.96. The van der Waals surface area contributed by atoms with Crippen LogP contribution in [-0.2, 0) is 0 Å². The van der Waals surface area contributed by atoms with Crippen molar-refractivity contribution < 1.29 is 13.2 Å². The van der Waals surface area contributed by atoms with E-state index in [1.807, 2.05) is 37.3 Å². The summed E-state index contributed by atoms with van der Waals surface area (Å²) < 4.78 is 37.9. The van der Waals surface area contributed by atoms with Gasteiger partial charge in [0.25, 0.3) is 5.56 Å². The molecule has 1 unspecified atom stereocenters. The third-order valence-electron chi connectivity index (χ3n) is 3.60. The number of rotatable bonds is 5. The van der Waals surface area contributed by atoms with Crippen molar-refractivity contribution in [1.82, 2.24) is 9.55 Å². The van der Waals surface area contributed by atoms with Gasteiger partial charge in [-0.2, -0.15) is 13.2 Å². The van der Waals surface area contributed by atoms with E-state index in [4.69, 9.17) is 0 Å². The number of aromatic nitrogens is 2. The predicted molar refractivity (Wildman–Crippen MR) is 85.2 cm³/mol. The van der Waals surface area contributed by atoms with Crippen LogP contribution in [0.5, 0.6) is 0 Å². The van der Waals surface area contributed by atoms with Gasteiger partial charge >= 0.3 is 11.9 Å². The number of halogens is 3. The number of benzene rings is 1. The molecule has 0 bridgehead atoms. The number of hydrogen-bond donors (Lipinski definition) is 2. The highest BCUT2D eigenvalue weighted by atomic mass is 19.4. The van der Waals surface area contributed by atoms with E-state index >= 15 is 0 Å². The minimum absolute atomic E-state index is 0.164. The molecular weight excluding hydrogens is 323 g/mol. The number of aromatic amines is 1. The normalized spacial score (nSPS) is 14.2. The lowest BCUT2D eigenvalue weighted by Gasteiger charge is -2.18. The Bertz CT molecular complexity index is 765. The Morgan fingerprint density at radius 3 is 2.33 bits per heavy atom. The van der Waals surface area contributed by atoms with E-state index in [0.29, 0.717) is 4.57 Å². The van der Waals surface area contributed by atoms with Gasteiger partial charge in [0.1, 0.15) is 5.82 Å². The second-order valence-corrected chi connectivity index (χ2v) is 5.64. The number of hydrogen-bond acceptors (Lipinski definition) is 3. The summed E-state index contributed by atoms with van der Waals surface area (Å²) in [5.41, 5.74) is -0.715. The van der Waals surface area contributed by atoms with Crippen LogP contribution in [0.3, 0.4) is 0 Å². The van der Waals surface area contributed by atoms with Crippen LogP contribution in [0.25, 0.3) is 0 Å². The van der Waals surface area contributed by atoms with E-state index in [0.717, 1.165) is 11.6 Å². The third-order valence-corrected chi connectivity index (χ3v) is 3.60. The van der Waals surface area contributed by atoms with Gasteiger partial charge in [0.2, 0.25) is 0 Å². The summed E-state index contributed by atoms with van der Waals surface area (Å²) in [7, 11) is 0. The van der Waals surface area contributed by atoms with Crippen molar-refractivity contribution in [1.29, 1.82) is 0 Å². The van der Waals surface area contributed by atoms with Gasteiger partial charge in [-0.05, 0) is 19.4 Å². The predicted octanol–water partition coefficient (Wildman–Crippen LogP) is 3.22. The summed E-state index contributed by atoms with van der Waals surface area (Å²) in [5.74, 6) is 0.164. The van der Waals surface area contributed by atoms with Crippen molar-refractivity contribution >= 4 is 5.82 Å². The number of nitrogens with one attached hydrogen (secondary N) is 2. The molecule has 2 rings (SSSR count). The summed E-state index contributed by atoms with van der Waals surface area (Å²) in [6, 6.07) is 8.95. The van der Waals surface area contributed by atoms with Gasteiger partial charge in [0.05, 0.1) is 6.42 Å². The van der Waals surface area contributed by atoms with Crippen LogP contribution in [0, 0.1) is 0 Å². The third kappa shape index (κ3) is 4.50.